The first-order valence-corrected chi connectivity index (χ1v) is 9.66. The first kappa shape index (κ1) is 16.2. The van der Waals surface area contributed by atoms with Gasteiger partial charge in [0, 0.05) is 13.1 Å². The number of hydrogen-bond donors (Lipinski definition) is 0. The van der Waals surface area contributed by atoms with Gasteiger partial charge in [0.25, 0.3) is 0 Å². The van der Waals surface area contributed by atoms with Crippen molar-refractivity contribution in [3.8, 4) is 0 Å². The van der Waals surface area contributed by atoms with E-state index < -0.39 is 0 Å². The van der Waals surface area contributed by atoms with Crippen LogP contribution in [0.5, 0.6) is 0 Å². The summed E-state index contributed by atoms with van der Waals surface area (Å²) in [5.41, 5.74) is 2.83. The Kier molecular flexibility index (Phi) is 4.16. The zero-order valence-electron chi connectivity index (χ0n) is 15.3. The van der Waals surface area contributed by atoms with Gasteiger partial charge in [-0.2, -0.15) is 0 Å². The van der Waals surface area contributed by atoms with E-state index in [1.807, 2.05) is 4.68 Å². The molecule has 0 amide bonds. The molecule has 0 radical (unpaired) electrons. The van der Waals surface area contributed by atoms with E-state index >= 15 is 0 Å². The molecule has 5 rings (SSSR count). The Bertz CT molecular complexity index is 1070. The first-order chi connectivity index (χ1) is 13.4. The number of fused-ring (bicyclic) bond motifs is 2. The van der Waals surface area contributed by atoms with E-state index in [1.165, 1.54) is 42.0 Å². The SMILES string of the molecule is c1ccc2c(Cn3nnc4c(N5CCCCCC5)ncnc43)cccc2c1. The van der Waals surface area contributed by atoms with Crippen molar-refractivity contribution >= 4 is 27.8 Å². The largest absolute Gasteiger partial charge is 0.355 e. The minimum absolute atomic E-state index is 0.647. The predicted molar refractivity (Wildman–Crippen MR) is 107 cm³/mol. The fourth-order valence-corrected chi connectivity index (χ4v) is 3.99. The van der Waals surface area contributed by atoms with Crippen LogP contribution in [0.3, 0.4) is 0 Å². The van der Waals surface area contributed by atoms with Crippen molar-refractivity contribution in [1.29, 1.82) is 0 Å². The van der Waals surface area contributed by atoms with Crippen LogP contribution in [-0.2, 0) is 6.54 Å². The third kappa shape index (κ3) is 3.01. The third-order valence-electron chi connectivity index (χ3n) is 5.39. The molecule has 0 unspecified atom stereocenters. The van der Waals surface area contributed by atoms with E-state index in [0.717, 1.165) is 30.1 Å². The molecular weight excluding hydrogens is 336 g/mol. The van der Waals surface area contributed by atoms with Gasteiger partial charge in [0.1, 0.15) is 6.33 Å². The van der Waals surface area contributed by atoms with Gasteiger partial charge in [-0.05, 0) is 29.2 Å². The molecule has 136 valence electrons. The van der Waals surface area contributed by atoms with Crippen LogP contribution in [0.2, 0.25) is 0 Å². The van der Waals surface area contributed by atoms with Gasteiger partial charge in [0.2, 0.25) is 0 Å². The van der Waals surface area contributed by atoms with E-state index in [4.69, 9.17) is 0 Å². The standard InChI is InChI=1S/C21H22N6/c1-2-6-13-26(12-5-1)20-19-21(23-15-22-20)27(25-24-19)14-17-10-7-9-16-8-3-4-11-18(16)17/h3-4,7-11,15H,1-2,5-6,12-14H2. The van der Waals surface area contributed by atoms with Gasteiger partial charge in [0.05, 0.1) is 6.54 Å². The molecule has 0 atom stereocenters. The molecule has 3 heterocycles. The summed E-state index contributed by atoms with van der Waals surface area (Å²) in [5.74, 6) is 0.922. The maximum atomic E-state index is 4.54. The highest BCUT2D eigenvalue weighted by Crippen LogP contribution is 2.25. The van der Waals surface area contributed by atoms with E-state index in [1.54, 1.807) is 6.33 Å². The van der Waals surface area contributed by atoms with Crippen molar-refractivity contribution in [2.75, 3.05) is 18.0 Å². The van der Waals surface area contributed by atoms with Crippen LogP contribution in [0.4, 0.5) is 5.82 Å². The van der Waals surface area contributed by atoms with Gasteiger partial charge in [-0.1, -0.05) is 60.5 Å². The molecule has 0 bridgehead atoms. The zero-order valence-corrected chi connectivity index (χ0v) is 15.3. The van der Waals surface area contributed by atoms with Crippen LogP contribution in [0.25, 0.3) is 21.9 Å². The summed E-state index contributed by atoms with van der Waals surface area (Å²) in [6, 6.07) is 14.8. The average Bonchev–Trinajstić information content (AvgIpc) is 2.94. The second kappa shape index (κ2) is 6.95. The molecule has 1 saturated heterocycles. The van der Waals surface area contributed by atoms with Crippen molar-refractivity contribution in [3.05, 3.63) is 54.4 Å². The Labute approximate surface area is 157 Å². The van der Waals surface area contributed by atoms with Gasteiger partial charge in [-0.15, -0.1) is 5.10 Å². The average molecular weight is 358 g/mol. The number of hydrogen-bond acceptors (Lipinski definition) is 5. The molecule has 0 aliphatic carbocycles. The van der Waals surface area contributed by atoms with Crippen molar-refractivity contribution in [2.45, 2.75) is 32.2 Å². The molecule has 2 aromatic heterocycles. The van der Waals surface area contributed by atoms with Crippen LogP contribution >= 0.6 is 0 Å². The zero-order chi connectivity index (χ0) is 18.1. The van der Waals surface area contributed by atoms with Crippen LogP contribution in [0, 0.1) is 0 Å². The molecule has 6 nitrogen and oxygen atoms in total. The lowest BCUT2D eigenvalue weighted by Gasteiger charge is -2.20. The molecule has 0 N–H and O–H groups in total. The van der Waals surface area contributed by atoms with Crippen molar-refractivity contribution in [3.63, 3.8) is 0 Å². The lowest BCUT2D eigenvalue weighted by Crippen LogP contribution is -2.25. The minimum atomic E-state index is 0.647. The quantitative estimate of drug-likeness (QED) is 0.557. The Hall–Kier alpha value is -3.02. The van der Waals surface area contributed by atoms with Gasteiger partial charge in [0.15, 0.2) is 17.0 Å². The van der Waals surface area contributed by atoms with E-state index in [2.05, 4.69) is 67.6 Å². The topological polar surface area (TPSA) is 59.7 Å². The van der Waals surface area contributed by atoms with E-state index in [0.29, 0.717) is 6.54 Å². The molecule has 2 aromatic carbocycles. The smallest absolute Gasteiger partial charge is 0.184 e. The molecule has 1 fully saturated rings. The molecule has 0 saturated carbocycles. The molecule has 4 aromatic rings. The van der Waals surface area contributed by atoms with Gasteiger partial charge < -0.3 is 4.90 Å². The molecular formula is C21H22N6. The molecule has 1 aliphatic rings. The first-order valence-electron chi connectivity index (χ1n) is 9.66. The monoisotopic (exact) mass is 358 g/mol. The molecule has 6 heteroatoms. The van der Waals surface area contributed by atoms with Gasteiger partial charge >= 0.3 is 0 Å². The van der Waals surface area contributed by atoms with Crippen LogP contribution in [-0.4, -0.2) is 38.1 Å². The summed E-state index contributed by atoms with van der Waals surface area (Å²) >= 11 is 0. The fraction of sp³-hybridized carbons (Fsp3) is 0.333. The number of rotatable bonds is 3. The Morgan fingerprint density at radius 1 is 0.852 bits per heavy atom. The van der Waals surface area contributed by atoms with E-state index in [-0.39, 0.29) is 0 Å². The van der Waals surface area contributed by atoms with E-state index in [9.17, 15) is 0 Å². The highest BCUT2D eigenvalue weighted by Gasteiger charge is 2.18. The normalized spacial score (nSPS) is 15.3. The minimum Gasteiger partial charge on any atom is -0.355 e. The summed E-state index contributed by atoms with van der Waals surface area (Å²) in [7, 11) is 0. The number of aromatic nitrogens is 5. The highest BCUT2D eigenvalue weighted by atomic mass is 15.4. The molecule has 0 spiro atoms. The molecule has 1 aliphatic heterocycles. The van der Waals surface area contributed by atoms with Crippen LogP contribution < -0.4 is 4.90 Å². The number of nitrogens with zero attached hydrogens (tertiary/aromatic N) is 6. The Morgan fingerprint density at radius 2 is 1.67 bits per heavy atom. The molecule has 27 heavy (non-hydrogen) atoms. The Morgan fingerprint density at radius 3 is 2.56 bits per heavy atom. The lowest BCUT2D eigenvalue weighted by molar-refractivity contribution is 0.666. The van der Waals surface area contributed by atoms with Crippen molar-refractivity contribution in [1.82, 2.24) is 25.0 Å². The third-order valence-corrected chi connectivity index (χ3v) is 5.39. The lowest BCUT2D eigenvalue weighted by atomic mass is 10.0. The summed E-state index contributed by atoms with van der Waals surface area (Å²) < 4.78 is 1.89. The maximum Gasteiger partial charge on any atom is 0.184 e. The van der Waals surface area contributed by atoms with Crippen molar-refractivity contribution < 1.29 is 0 Å². The summed E-state index contributed by atoms with van der Waals surface area (Å²) in [6.45, 7) is 2.71. The van der Waals surface area contributed by atoms with Crippen LogP contribution in [0.15, 0.2) is 48.8 Å². The number of anilines is 1. The second-order valence-electron chi connectivity index (χ2n) is 7.16. The summed E-state index contributed by atoms with van der Waals surface area (Å²) in [6.07, 6.45) is 6.63. The fourth-order valence-electron chi connectivity index (χ4n) is 3.99. The maximum absolute atomic E-state index is 4.54. The van der Waals surface area contributed by atoms with Gasteiger partial charge in [-0.3, -0.25) is 0 Å². The van der Waals surface area contributed by atoms with Gasteiger partial charge in [-0.25, -0.2) is 14.6 Å². The van der Waals surface area contributed by atoms with Crippen LogP contribution in [0.1, 0.15) is 31.2 Å². The second-order valence-corrected chi connectivity index (χ2v) is 7.16. The predicted octanol–water partition coefficient (Wildman–Crippen LogP) is 3.80. The van der Waals surface area contributed by atoms with Crippen molar-refractivity contribution in [2.24, 2.45) is 0 Å². The summed E-state index contributed by atoms with van der Waals surface area (Å²) in [4.78, 5) is 11.4. The Balaban J connectivity index is 1.54. The number of benzene rings is 2. The highest BCUT2D eigenvalue weighted by molar-refractivity contribution is 5.86. The summed E-state index contributed by atoms with van der Waals surface area (Å²) in [5, 5.41) is 11.3.